The van der Waals surface area contributed by atoms with E-state index in [9.17, 15) is 13.2 Å². The number of fused-ring (bicyclic) bond motifs is 1. The fraction of sp³-hybridized carbons (Fsp3) is 0.381. The Morgan fingerprint density at radius 2 is 1.82 bits per heavy atom. The zero-order valence-electron chi connectivity index (χ0n) is 15.8. The van der Waals surface area contributed by atoms with Gasteiger partial charge in [0, 0.05) is 32.0 Å². The normalized spacial score (nSPS) is 19.1. The second-order valence-corrected chi connectivity index (χ2v) is 9.13. The van der Waals surface area contributed by atoms with Gasteiger partial charge in [0.05, 0.1) is 23.5 Å². The van der Waals surface area contributed by atoms with Crippen molar-refractivity contribution in [3.8, 4) is 11.5 Å². The Bertz CT molecular complexity index is 979. The molecule has 6 nitrogen and oxygen atoms in total. The molecule has 2 aliphatic heterocycles. The zero-order valence-corrected chi connectivity index (χ0v) is 16.6. The Kier molecular flexibility index (Phi) is 4.89. The van der Waals surface area contributed by atoms with E-state index in [1.165, 1.54) is 4.31 Å². The summed E-state index contributed by atoms with van der Waals surface area (Å²) < 4.78 is 38.9. The second-order valence-electron chi connectivity index (χ2n) is 7.19. The molecule has 1 spiro atoms. The third-order valence-electron chi connectivity index (χ3n) is 5.39. The van der Waals surface area contributed by atoms with Crippen molar-refractivity contribution in [3.05, 3.63) is 54.1 Å². The number of hydrogen-bond donors (Lipinski definition) is 0. The van der Waals surface area contributed by atoms with Crippen LogP contribution in [0.5, 0.6) is 11.5 Å². The number of rotatable bonds is 4. The van der Waals surface area contributed by atoms with E-state index in [-0.39, 0.29) is 12.2 Å². The van der Waals surface area contributed by atoms with Crippen LogP contribution in [-0.2, 0) is 10.0 Å². The van der Waals surface area contributed by atoms with E-state index in [0.29, 0.717) is 54.5 Å². The standard InChI is InChI=1S/C21H23NO5S/c1-2-26-16-8-9-18-19(23)15-21(27-20(18)14-16)10-12-22(13-11-21)28(24,25)17-6-4-3-5-7-17/h3-9,14H,2,10-13,15H2,1H3. The second kappa shape index (κ2) is 7.22. The van der Waals surface area contributed by atoms with Crippen LogP contribution in [0.2, 0.25) is 0 Å². The molecule has 4 rings (SSSR count). The highest BCUT2D eigenvalue weighted by Crippen LogP contribution is 2.41. The number of ketones is 1. The molecule has 0 aliphatic carbocycles. The van der Waals surface area contributed by atoms with Gasteiger partial charge in [-0.3, -0.25) is 4.79 Å². The molecule has 0 atom stereocenters. The van der Waals surface area contributed by atoms with Crippen molar-refractivity contribution in [3.63, 3.8) is 0 Å². The van der Waals surface area contributed by atoms with E-state index in [1.54, 1.807) is 48.5 Å². The topological polar surface area (TPSA) is 72.9 Å². The molecule has 148 valence electrons. The molecule has 7 heteroatoms. The number of ether oxygens (including phenoxy) is 2. The molecule has 1 fully saturated rings. The fourth-order valence-corrected chi connectivity index (χ4v) is 5.35. The van der Waals surface area contributed by atoms with Crippen molar-refractivity contribution in [1.82, 2.24) is 4.31 Å². The van der Waals surface area contributed by atoms with Gasteiger partial charge >= 0.3 is 0 Å². The van der Waals surface area contributed by atoms with Crippen LogP contribution in [0.1, 0.15) is 36.5 Å². The Morgan fingerprint density at radius 3 is 2.50 bits per heavy atom. The van der Waals surface area contributed by atoms with Gasteiger partial charge in [0.1, 0.15) is 17.1 Å². The number of piperidine rings is 1. The fourth-order valence-electron chi connectivity index (χ4n) is 3.89. The number of hydrogen-bond acceptors (Lipinski definition) is 5. The first kappa shape index (κ1) is 19.0. The summed E-state index contributed by atoms with van der Waals surface area (Å²) in [4.78, 5) is 13.0. The van der Waals surface area contributed by atoms with Gasteiger partial charge in [-0.15, -0.1) is 0 Å². The highest BCUT2D eigenvalue weighted by Gasteiger charge is 2.45. The van der Waals surface area contributed by atoms with Crippen LogP contribution in [0, 0.1) is 0 Å². The summed E-state index contributed by atoms with van der Waals surface area (Å²) in [5.41, 5.74) is -0.0918. The van der Waals surface area contributed by atoms with Gasteiger partial charge in [-0.05, 0) is 31.2 Å². The van der Waals surface area contributed by atoms with Crippen molar-refractivity contribution in [2.75, 3.05) is 19.7 Å². The van der Waals surface area contributed by atoms with E-state index in [0.717, 1.165) is 0 Å². The molecule has 1 saturated heterocycles. The molecular weight excluding hydrogens is 378 g/mol. The molecule has 2 aromatic rings. The highest BCUT2D eigenvalue weighted by molar-refractivity contribution is 7.89. The minimum absolute atomic E-state index is 0.0312. The third kappa shape index (κ3) is 3.40. The number of carbonyl (C=O) groups is 1. The van der Waals surface area contributed by atoms with Gasteiger partial charge < -0.3 is 9.47 Å². The predicted molar refractivity (Wildman–Crippen MR) is 104 cm³/mol. The Balaban J connectivity index is 1.53. The molecule has 0 unspecified atom stereocenters. The lowest BCUT2D eigenvalue weighted by molar-refractivity contribution is 0.00575. The lowest BCUT2D eigenvalue weighted by Crippen LogP contribution is -2.52. The van der Waals surface area contributed by atoms with Gasteiger partial charge in [-0.1, -0.05) is 18.2 Å². The van der Waals surface area contributed by atoms with Crippen LogP contribution < -0.4 is 9.47 Å². The number of sulfonamides is 1. The van der Waals surface area contributed by atoms with Crippen molar-refractivity contribution < 1.29 is 22.7 Å². The van der Waals surface area contributed by atoms with Gasteiger partial charge in [-0.2, -0.15) is 4.31 Å². The Morgan fingerprint density at radius 1 is 1.11 bits per heavy atom. The summed E-state index contributed by atoms with van der Waals surface area (Å²) in [6, 6.07) is 13.7. The predicted octanol–water partition coefficient (Wildman–Crippen LogP) is 3.27. The smallest absolute Gasteiger partial charge is 0.243 e. The first-order valence-electron chi connectivity index (χ1n) is 9.48. The van der Waals surface area contributed by atoms with E-state index >= 15 is 0 Å². The molecule has 28 heavy (non-hydrogen) atoms. The molecule has 0 N–H and O–H groups in total. The maximum absolute atomic E-state index is 12.8. The molecule has 0 amide bonds. The van der Waals surface area contributed by atoms with E-state index < -0.39 is 15.6 Å². The molecule has 2 heterocycles. The van der Waals surface area contributed by atoms with Crippen molar-refractivity contribution in [2.45, 2.75) is 36.7 Å². The van der Waals surface area contributed by atoms with Gasteiger partial charge in [0.2, 0.25) is 10.0 Å². The minimum Gasteiger partial charge on any atom is -0.494 e. The summed E-state index contributed by atoms with van der Waals surface area (Å²) in [7, 11) is -3.53. The lowest BCUT2D eigenvalue weighted by atomic mass is 9.83. The Hall–Kier alpha value is -2.38. The van der Waals surface area contributed by atoms with Crippen molar-refractivity contribution >= 4 is 15.8 Å². The average molecular weight is 401 g/mol. The summed E-state index contributed by atoms with van der Waals surface area (Å²) in [6.45, 7) is 3.08. The molecule has 0 radical (unpaired) electrons. The summed E-state index contributed by atoms with van der Waals surface area (Å²) >= 11 is 0. The summed E-state index contributed by atoms with van der Waals surface area (Å²) in [5, 5.41) is 0. The number of benzene rings is 2. The van der Waals surface area contributed by atoms with Crippen molar-refractivity contribution in [1.29, 1.82) is 0 Å². The van der Waals surface area contributed by atoms with Crippen LogP contribution in [0.4, 0.5) is 0 Å². The van der Waals surface area contributed by atoms with Gasteiger partial charge in [0.15, 0.2) is 5.78 Å². The largest absolute Gasteiger partial charge is 0.494 e. The van der Waals surface area contributed by atoms with E-state index in [1.807, 2.05) is 6.92 Å². The van der Waals surface area contributed by atoms with Crippen molar-refractivity contribution in [2.24, 2.45) is 0 Å². The number of nitrogens with zero attached hydrogens (tertiary/aromatic N) is 1. The summed E-state index contributed by atoms with van der Waals surface area (Å²) in [5.74, 6) is 1.22. The first-order chi connectivity index (χ1) is 13.4. The first-order valence-corrected chi connectivity index (χ1v) is 10.9. The molecule has 0 bridgehead atoms. The van der Waals surface area contributed by atoms with E-state index in [2.05, 4.69) is 0 Å². The quantitative estimate of drug-likeness (QED) is 0.786. The Labute approximate surface area is 165 Å². The van der Waals surface area contributed by atoms with Gasteiger partial charge in [-0.25, -0.2) is 8.42 Å². The highest BCUT2D eigenvalue weighted by atomic mass is 32.2. The molecule has 2 aliphatic rings. The molecule has 2 aromatic carbocycles. The monoisotopic (exact) mass is 401 g/mol. The minimum atomic E-state index is -3.53. The van der Waals surface area contributed by atoms with E-state index in [4.69, 9.17) is 9.47 Å². The zero-order chi connectivity index (χ0) is 19.8. The third-order valence-corrected chi connectivity index (χ3v) is 7.30. The average Bonchev–Trinajstić information content (AvgIpc) is 2.69. The maximum atomic E-state index is 12.8. The summed E-state index contributed by atoms with van der Waals surface area (Å²) in [6.07, 6.45) is 1.22. The maximum Gasteiger partial charge on any atom is 0.243 e. The van der Waals surface area contributed by atoms with Gasteiger partial charge in [0.25, 0.3) is 0 Å². The molecular formula is C21H23NO5S. The van der Waals surface area contributed by atoms with Crippen LogP contribution in [0.25, 0.3) is 0 Å². The number of carbonyl (C=O) groups excluding carboxylic acids is 1. The lowest BCUT2D eigenvalue weighted by Gasteiger charge is -2.43. The molecule has 0 saturated carbocycles. The van der Waals surface area contributed by atoms with Crippen LogP contribution in [0.15, 0.2) is 53.4 Å². The van der Waals surface area contributed by atoms with Crippen LogP contribution >= 0.6 is 0 Å². The molecule has 0 aromatic heterocycles. The van der Waals surface area contributed by atoms with Crippen LogP contribution in [0.3, 0.4) is 0 Å². The number of Topliss-reactive ketones (excluding diaryl/α,β-unsaturated/α-hetero) is 1. The SMILES string of the molecule is CCOc1ccc2c(c1)OC1(CCN(S(=O)(=O)c3ccccc3)CC1)CC2=O. The van der Waals surface area contributed by atoms with Crippen LogP contribution in [-0.4, -0.2) is 43.8 Å².